The molecule has 2 aromatic heterocycles. The van der Waals surface area contributed by atoms with Crippen molar-refractivity contribution < 1.29 is 18.3 Å². The smallest absolute Gasteiger partial charge is 0.387 e. The maximum absolute atomic E-state index is 12.5. The predicted octanol–water partition coefficient (Wildman–Crippen LogP) is 4.27. The third kappa shape index (κ3) is 4.30. The molecule has 0 saturated carbocycles. The Bertz CT molecular complexity index is 951. The van der Waals surface area contributed by atoms with Crippen molar-refractivity contribution in [1.29, 1.82) is 0 Å². The van der Waals surface area contributed by atoms with Crippen molar-refractivity contribution in [3.05, 3.63) is 46.6 Å². The second-order valence-electron chi connectivity index (χ2n) is 5.80. The molecule has 0 bridgehead atoms. The van der Waals surface area contributed by atoms with Gasteiger partial charge in [0.05, 0.1) is 17.0 Å². The van der Waals surface area contributed by atoms with Gasteiger partial charge >= 0.3 is 6.61 Å². The summed E-state index contributed by atoms with van der Waals surface area (Å²) in [6, 6.07) is 6.23. The molecular weight excluding hydrogens is 374 g/mol. The largest absolute Gasteiger partial charge is 0.435 e. The van der Waals surface area contributed by atoms with Crippen molar-refractivity contribution >= 4 is 22.4 Å². The molecule has 0 aliphatic carbocycles. The van der Waals surface area contributed by atoms with Crippen molar-refractivity contribution in [2.45, 2.75) is 26.9 Å². The van der Waals surface area contributed by atoms with E-state index < -0.39 is 6.61 Å². The number of aryl methyl sites for hydroxylation is 3. The van der Waals surface area contributed by atoms with Crippen LogP contribution in [0.5, 0.6) is 5.75 Å². The van der Waals surface area contributed by atoms with Crippen LogP contribution in [0.2, 0.25) is 0 Å². The minimum Gasteiger partial charge on any atom is -0.435 e. The Labute approximate surface area is 158 Å². The van der Waals surface area contributed by atoms with Gasteiger partial charge in [-0.2, -0.15) is 13.9 Å². The average molecular weight is 392 g/mol. The molecule has 9 heteroatoms. The molecule has 1 amide bonds. The Kier molecular flexibility index (Phi) is 5.50. The van der Waals surface area contributed by atoms with Crippen LogP contribution < -0.4 is 10.1 Å². The molecule has 3 aromatic rings. The molecule has 0 radical (unpaired) electrons. The number of halogens is 2. The second kappa shape index (κ2) is 7.83. The van der Waals surface area contributed by atoms with E-state index >= 15 is 0 Å². The van der Waals surface area contributed by atoms with Gasteiger partial charge in [0.2, 0.25) is 0 Å². The van der Waals surface area contributed by atoms with Gasteiger partial charge in [0.15, 0.2) is 5.13 Å². The number of carbonyl (C=O) groups excluding carboxylic acids is 1. The van der Waals surface area contributed by atoms with E-state index in [0.717, 1.165) is 16.1 Å². The lowest BCUT2D eigenvalue weighted by atomic mass is 10.1. The number of rotatable bonds is 6. The monoisotopic (exact) mass is 392 g/mol. The number of benzene rings is 1. The van der Waals surface area contributed by atoms with E-state index in [2.05, 4.69) is 20.1 Å². The summed E-state index contributed by atoms with van der Waals surface area (Å²) in [5.74, 6) is -0.181. The zero-order chi connectivity index (χ0) is 19.6. The molecule has 6 nitrogen and oxygen atoms in total. The van der Waals surface area contributed by atoms with E-state index in [1.165, 1.54) is 23.5 Å². The number of amides is 1. The van der Waals surface area contributed by atoms with Crippen molar-refractivity contribution in [2.24, 2.45) is 7.05 Å². The maximum Gasteiger partial charge on any atom is 0.387 e. The molecule has 0 spiro atoms. The maximum atomic E-state index is 12.5. The summed E-state index contributed by atoms with van der Waals surface area (Å²) in [5, 5.41) is 7.53. The molecule has 0 aliphatic heterocycles. The third-order valence-corrected chi connectivity index (χ3v) is 4.74. The van der Waals surface area contributed by atoms with Gasteiger partial charge in [0.25, 0.3) is 5.91 Å². The van der Waals surface area contributed by atoms with Gasteiger partial charge < -0.3 is 4.74 Å². The van der Waals surface area contributed by atoms with E-state index in [1.807, 2.05) is 13.8 Å². The fraction of sp³-hybridized carbons (Fsp3) is 0.278. The highest BCUT2D eigenvalue weighted by Crippen LogP contribution is 2.31. The van der Waals surface area contributed by atoms with Crippen LogP contribution in [0, 0.1) is 6.92 Å². The molecule has 0 atom stereocenters. The molecule has 2 heterocycles. The molecule has 1 aromatic carbocycles. The van der Waals surface area contributed by atoms with Crippen molar-refractivity contribution in [2.75, 3.05) is 5.32 Å². The summed E-state index contributed by atoms with van der Waals surface area (Å²) in [6.45, 7) is 0.957. The first-order valence-electron chi connectivity index (χ1n) is 8.24. The lowest BCUT2D eigenvalue weighted by Crippen LogP contribution is -2.12. The first-order chi connectivity index (χ1) is 12.9. The lowest BCUT2D eigenvalue weighted by Gasteiger charge is -2.05. The Balaban J connectivity index is 1.79. The molecule has 1 N–H and O–H groups in total. The second-order valence-corrected chi connectivity index (χ2v) is 7.00. The summed E-state index contributed by atoms with van der Waals surface area (Å²) in [4.78, 5) is 17.9. The van der Waals surface area contributed by atoms with Gasteiger partial charge in [0, 0.05) is 23.7 Å². The van der Waals surface area contributed by atoms with Crippen LogP contribution in [0.3, 0.4) is 0 Å². The van der Waals surface area contributed by atoms with Crippen LogP contribution in [0.15, 0.2) is 30.5 Å². The van der Waals surface area contributed by atoms with Crippen LogP contribution in [-0.2, 0) is 13.5 Å². The van der Waals surface area contributed by atoms with Gasteiger partial charge in [-0.3, -0.25) is 14.8 Å². The van der Waals surface area contributed by atoms with Gasteiger partial charge in [-0.05, 0) is 37.6 Å². The van der Waals surface area contributed by atoms with E-state index in [4.69, 9.17) is 0 Å². The first kappa shape index (κ1) is 19.0. The van der Waals surface area contributed by atoms with Gasteiger partial charge in [-0.15, -0.1) is 11.3 Å². The number of alkyl halides is 2. The van der Waals surface area contributed by atoms with Crippen LogP contribution in [-0.4, -0.2) is 27.3 Å². The quantitative estimate of drug-likeness (QED) is 0.680. The first-order valence-corrected chi connectivity index (χ1v) is 9.05. The van der Waals surface area contributed by atoms with Crippen LogP contribution in [0.25, 0.3) is 11.3 Å². The number of anilines is 1. The highest BCUT2D eigenvalue weighted by Gasteiger charge is 2.17. The number of nitrogens with one attached hydrogen (secondary N) is 1. The Morgan fingerprint density at radius 3 is 2.67 bits per heavy atom. The number of thiazole rings is 1. The topological polar surface area (TPSA) is 69.0 Å². The fourth-order valence-corrected chi connectivity index (χ4v) is 3.49. The minimum atomic E-state index is -2.86. The normalized spacial score (nSPS) is 11.0. The van der Waals surface area contributed by atoms with Gasteiger partial charge in [-0.25, -0.2) is 4.98 Å². The van der Waals surface area contributed by atoms with E-state index in [9.17, 15) is 13.6 Å². The van der Waals surface area contributed by atoms with Crippen LogP contribution in [0.1, 0.15) is 27.9 Å². The summed E-state index contributed by atoms with van der Waals surface area (Å²) >= 11 is 1.35. The van der Waals surface area contributed by atoms with E-state index in [-0.39, 0.29) is 11.7 Å². The molecule has 0 aliphatic rings. The van der Waals surface area contributed by atoms with E-state index in [0.29, 0.717) is 22.8 Å². The lowest BCUT2D eigenvalue weighted by molar-refractivity contribution is -0.0498. The zero-order valence-electron chi connectivity index (χ0n) is 15.0. The number of carbonyl (C=O) groups is 1. The molecule has 0 fully saturated rings. The van der Waals surface area contributed by atoms with E-state index in [1.54, 1.807) is 30.1 Å². The third-order valence-electron chi connectivity index (χ3n) is 3.85. The number of hydrogen-bond donors (Lipinski definition) is 1. The van der Waals surface area contributed by atoms with Crippen molar-refractivity contribution in [3.8, 4) is 17.0 Å². The number of aromatic nitrogens is 3. The Morgan fingerprint density at radius 2 is 2.04 bits per heavy atom. The minimum absolute atomic E-state index is 0.0823. The predicted molar refractivity (Wildman–Crippen MR) is 99.5 cm³/mol. The van der Waals surface area contributed by atoms with Crippen molar-refractivity contribution in [1.82, 2.24) is 14.8 Å². The molecule has 27 heavy (non-hydrogen) atoms. The number of ether oxygens (including phenoxy) is 1. The average Bonchev–Trinajstić information content (AvgIpc) is 3.17. The highest BCUT2D eigenvalue weighted by atomic mass is 32.1. The molecule has 3 rings (SSSR count). The van der Waals surface area contributed by atoms with Crippen LogP contribution >= 0.6 is 11.3 Å². The van der Waals surface area contributed by atoms with Crippen LogP contribution in [0.4, 0.5) is 13.9 Å². The summed E-state index contributed by atoms with van der Waals surface area (Å²) in [5.41, 5.74) is 2.67. The molecule has 142 valence electrons. The molecule has 0 unspecified atom stereocenters. The SMILES string of the molecule is CCc1nn(C)cc1C(=O)Nc1nc(-c2ccc(OC(F)F)cc2)c(C)s1. The Hall–Kier alpha value is -2.81. The fourth-order valence-electron chi connectivity index (χ4n) is 2.66. The standard InChI is InChI=1S/C18H18F2N4O2S/c1-4-14-13(9-24(3)23-14)16(25)22-18-21-15(10(2)27-18)11-5-7-12(8-6-11)26-17(19)20/h5-9,17H,4H2,1-3H3,(H,21,22,25). The van der Waals surface area contributed by atoms with Gasteiger partial charge in [-0.1, -0.05) is 6.92 Å². The number of nitrogens with zero attached hydrogens (tertiary/aromatic N) is 3. The number of hydrogen-bond acceptors (Lipinski definition) is 5. The summed E-state index contributed by atoms with van der Waals surface area (Å²) in [6.07, 6.45) is 2.33. The van der Waals surface area contributed by atoms with Gasteiger partial charge in [0.1, 0.15) is 5.75 Å². The Morgan fingerprint density at radius 1 is 1.33 bits per heavy atom. The summed E-state index contributed by atoms with van der Waals surface area (Å²) in [7, 11) is 1.77. The molecule has 0 saturated heterocycles. The summed E-state index contributed by atoms with van der Waals surface area (Å²) < 4.78 is 30.5. The van der Waals surface area contributed by atoms with Crippen molar-refractivity contribution in [3.63, 3.8) is 0 Å². The highest BCUT2D eigenvalue weighted by molar-refractivity contribution is 7.16. The zero-order valence-corrected chi connectivity index (χ0v) is 15.8. The molecular formula is C18H18F2N4O2S.